The van der Waals surface area contributed by atoms with Crippen LogP contribution < -0.4 is 10.2 Å². The van der Waals surface area contributed by atoms with Crippen LogP contribution in [0, 0.1) is 5.92 Å². The lowest BCUT2D eigenvalue weighted by Gasteiger charge is -2.27. The second kappa shape index (κ2) is 5.25. The molecule has 0 spiro atoms. The summed E-state index contributed by atoms with van der Waals surface area (Å²) in [6, 6.07) is 0.558. The van der Waals surface area contributed by atoms with Gasteiger partial charge in [0, 0.05) is 19.1 Å². The zero-order valence-electron chi connectivity index (χ0n) is 10.1. The van der Waals surface area contributed by atoms with Crippen LogP contribution >= 0.6 is 0 Å². The highest BCUT2D eigenvalue weighted by atomic mass is 15.2. The number of aromatic nitrogens is 2. The van der Waals surface area contributed by atoms with Gasteiger partial charge in [-0.2, -0.15) is 0 Å². The predicted octanol–water partition coefficient (Wildman–Crippen LogP) is 1.30. The number of anilines is 1. The first kappa shape index (κ1) is 11.3. The minimum atomic E-state index is 0.558. The summed E-state index contributed by atoms with van der Waals surface area (Å²) in [6.07, 6.45) is 6.56. The van der Waals surface area contributed by atoms with Gasteiger partial charge in [-0.15, -0.1) is 0 Å². The van der Waals surface area contributed by atoms with Gasteiger partial charge in [0.25, 0.3) is 0 Å². The minimum absolute atomic E-state index is 0.558. The Hall–Kier alpha value is -1.16. The van der Waals surface area contributed by atoms with E-state index in [-0.39, 0.29) is 0 Å². The number of nitrogens with zero attached hydrogens (tertiary/aromatic N) is 3. The molecule has 0 radical (unpaired) electrons. The van der Waals surface area contributed by atoms with Crippen molar-refractivity contribution >= 4 is 5.69 Å². The number of hydrogen-bond donors (Lipinski definition) is 1. The molecule has 1 unspecified atom stereocenters. The smallest absolute Gasteiger partial charge is 0.115 e. The number of nitrogens with one attached hydrogen (secondary N) is 1. The van der Waals surface area contributed by atoms with E-state index in [2.05, 4.69) is 34.0 Å². The first-order valence-electron chi connectivity index (χ1n) is 6.00. The second-order valence-corrected chi connectivity index (χ2v) is 4.70. The molecule has 16 heavy (non-hydrogen) atoms. The zero-order valence-corrected chi connectivity index (χ0v) is 10.1. The number of hydrogen-bond acceptors (Lipinski definition) is 4. The van der Waals surface area contributed by atoms with Gasteiger partial charge in [0.1, 0.15) is 6.33 Å². The molecule has 1 fully saturated rings. The Labute approximate surface area is 97.1 Å². The molecule has 0 aliphatic carbocycles. The van der Waals surface area contributed by atoms with Crippen molar-refractivity contribution in [2.75, 3.05) is 24.5 Å². The first-order chi connectivity index (χ1) is 7.77. The Morgan fingerprint density at radius 3 is 2.81 bits per heavy atom. The molecule has 2 rings (SSSR count). The predicted molar refractivity (Wildman–Crippen MR) is 65.5 cm³/mol. The van der Waals surface area contributed by atoms with Crippen molar-refractivity contribution < 1.29 is 0 Å². The van der Waals surface area contributed by atoms with E-state index in [4.69, 9.17) is 0 Å². The molecule has 0 saturated carbocycles. The summed E-state index contributed by atoms with van der Waals surface area (Å²) < 4.78 is 0. The van der Waals surface area contributed by atoms with Crippen molar-refractivity contribution in [2.24, 2.45) is 5.92 Å². The molecule has 1 aromatic heterocycles. The summed E-state index contributed by atoms with van der Waals surface area (Å²) in [7, 11) is 0. The summed E-state index contributed by atoms with van der Waals surface area (Å²) in [4.78, 5) is 10.6. The highest BCUT2D eigenvalue weighted by molar-refractivity contribution is 5.41. The van der Waals surface area contributed by atoms with Crippen molar-refractivity contribution in [2.45, 2.75) is 26.3 Å². The summed E-state index contributed by atoms with van der Waals surface area (Å²) in [6.45, 7) is 7.77. The van der Waals surface area contributed by atoms with E-state index in [0.717, 1.165) is 25.3 Å². The minimum Gasteiger partial charge on any atom is -0.367 e. The monoisotopic (exact) mass is 220 g/mol. The molecule has 1 N–H and O–H groups in total. The molecule has 0 bridgehead atoms. The molecule has 88 valence electrons. The molecule has 0 aromatic carbocycles. The summed E-state index contributed by atoms with van der Waals surface area (Å²) in [5.74, 6) is 0.658. The van der Waals surface area contributed by atoms with Gasteiger partial charge in [-0.1, -0.05) is 13.8 Å². The van der Waals surface area contributed by atoms with Gasteiger partial charge in [-0.25, -0.2) is 9.97 Å². The Bertz CT molecular complexity index is 312. The van der Waals surface area contributed by atoms with Crippen LogP contribution in [0.2, 0.25) is 0 Å². The summed E-state index contributed by atoms with van der Waals surface area (Å²) in [5, 5.41) is 3.60. The quantitative estimate of drug-likeness (QED) is 0.815. The third-order valence-electron chi connectivity index (χ3n) is 3.15. The third kappa shape index (κ3) is 2.70. The van der Waals surface area contributed by atoms with Crippen LogP contribution in [-0.4, -0.2) is 35.6 Å². The summed E-state index contributed by atoms with van der Waals surface area (Å²) >= 11 is 0. The Kier molecular flexibility index (Phi) is 3.72. The van der Waals surface area contributed by atoms with Gasteiger partial charge in [0.15, 0.2) is 0 Å². The summed E-state index contributed by atoms with van der Waals surface area (Å²) in [5.41, 5.74) is 1.14. The fraction of sp³-hybridized carbons (Fsp3) is 0.667. The van der Waals surface area contributed by atoms with Gasteiger partial charge < -0.3 is 10.2 Å². The van der Waals surface area contributed by atoms with Gasteiger partial charge in [0.05, 0.1) is 18.1 Å². The molecule has 1 aliphatic heterocycles. The molecule has 0 amide bonds. The van der Waals surface area contributed by atoms with E-state index in [9.17, 15) is 0 Å². The fourth-order valence-electron chi connectivity index (χ4n) is 2.09. The SMILES string of the molecule is CC(C)C1CN(c2cncnc2)CCCN1. The van der Waals surface area contributed by atoms with Gasteiger partial charge >= 0.3 is 0 Å². The van der Waals surface area contributed by atoms with Gasteiger partial charge in [-0.3, -0.25) is 0 Å². The van der Waals surface area contributed by atoms with Crippen molar-refractivity contribution in [1.82, 2.24) is 15.3 Å². The lowest BCUT2D eigenvalue weighted by atomic mass is 10.0. The van der Waals surface area contributed by atoms with Crippen molar-refractivity contribution in [3.8, 4) is 0 Å². The molecule has 1 saturated heterocycles. The van der Waals surface area contributed by atoms with Crippen molar-refractivity contribution in [3.63, 3.8) is 0 Å². The fourth-order valence-corrected chi connectivity index (χ4v) is 2.09. The highest BCUT2D eigenvalue weighted by Crippen LogP contribution is 2.15. The Balaban J connectivity index is 2.09. The van der Waals surface area contributed by atoms with Gasteiger partial charge in [-0.05, 0) is 18.9 Å². The largest absolute Gasteiger partial charge is 0.367 e. The van der Waals surface area contributed by atoms with Crippen LogP contribution in [0.15, 0.2) is 18.7 Å². The molecule has 1 aromatic rings. The maximum atomic E-state index is 4.09. The molecule has 2 heterocycles. The standard InChI is InChI=1S/C12H20N4/c1-10(2)12-8-16(5-3-4-15-12)11-6-13-9-14-7-11/h6-7,9-10,12,15H,3-5,8H2,1-2H3. The van der Waals surface area contributed by atoms with E-state index in [1.165, 1.54) is 6.42 Å². The third-order valence-corrected chi connectivity index (χ3v) is 3.15. The van der Waals surface area contributed by atoms with Crippen LogP contribution in [0.1, 0.15) is 20.3 Å². The molecular formula is C12H20N4. The normalized spacial score (nSPS) is 22.2. The average molecular weight is 220 g/mol. The van der Waals surface area contributed by atoms with Crippen LogP contribution in [0.5, 0.6) is 0 Å². The van der Waals surface area contributed by atoms with Crippen molar-refractivity contribution in [3.05, 3.63) is 18.7 Å². The van der Waals surface area contributed by atoms with Crippen molar-refractivity contribution in [1.29, 1.82) is 0 Å². The van der Waals surface area contributed by atoms with E-state index in [1.54, 1.807) is 6.33 Å². The molecule has 4 heteroatoms. The molecule has 4 nitrogen and oxygen atoms in total. The topological polar surface area (TPSA) is 41.1 Å². The van der Waals surface area contributed by atoms with E-state index < -0.39 is 0 Å². The van der Waals surface area contributed by atoms with Crippen LogP contribution in [0.25, 0.3) is 0 Å². The molecule has 1 atom stereocenters. The second-order valence-electron chi connectivity index (χ2n) is 4.70. The number of rotatable bonds is 2. The van der Waals surface area contributed by atoms with E-state index in [1.807, 2.05) is 12.4 Å². The Morgan fingerprint density at radius 2 is 2.12 bits per heavy atom. The Morgan fingerprint density at radius 1 is 1.38 bits per heavy atom. The molecular weight excluding hydrogens is 200 g/mol. The zero-order chi connectivity index (χ0) is 11.4. The van der Waals surface area contributed by atoms with Crippen LogP contribution in [0.4, 0.5) is 5.69 Å². The maximum absolute atomic E-state index is 4.09. The first-order valence-corrected chi connectivity index (χ1v) is 6.00. The van der Waals surface area contributed by atoms with Gasteiger partial charge in [0.2, 0.25) is 0 Å². The lowest BCUT2D eigenvalue weighted by Crippen LogP contribution is -2.41. The highest BCUT2D eigenvalue weighted by Gasteiger charge is 2.20. The van der Waals surface area contributed by atoms with Crippen LogP contribution in [0.3, 0.4) is 0 Å². The van der Waals surface area contributed by atoms with E-state index in [0.29, 0.717) is 12.0 Å². The van der Waals surface area contributed by atoms with Crippen LogP contribution in [-0.2, 0) is 0 Å². The molecule has 1 aliphatic rings. The lowest BCUT2D eigenvalue weighted by molar-refractivity contribution is 0.420. The average Bonchev–Trinajstić information content (AvgIpc) is 2.56. The van der Waals surface area contributed by atoms with E-state index >= 15 is 0 Å². The maximum Gasteiger partial charge on any atom is 0.115 e.